The van der Waals surface area contributed by atoms with Crippen molar-refractivity contribution >= 4 is 29.6 Å². The number of carbonyl (C=O) groups is 5. The number of nitrogens with zero attached hydrogens (tertiary/aromatic N) is 2. The van der Waals surface area contributed by atoms with E-state index < -0.39 is 28.9 Å². The van der Waals surface area contributed by atoms with Crippen molar-refractivity contribution < 1.29 is 43.3 Å². The van der Waals surface area contributed by atoms with Crippen LogP contribution in [0.15, 0.2) is 72.8 Å². The van der Waals surface area contributed by atoms with Gasteiger partial charge in [0.1, 0.15) is 18.1 Å². The number of hydrogen-bond acceptors (Lipinski definition) is 9. The monoisotopic (exact) mass is 810 g/mol. The molecule has 4 aromatic rings. The van der Waals surface area contributed by atoms with E-state index in [9.17, 15) is 29.1 Å². The average Bonchev–Trinajstić information content (AvgIpc) is 3.15. The van der Waals surface area contributed by atoms with Crippen LogP contribution in [-0.4, -0.2) is 70.0 Å². The topological polar surface area (TPSA) is 164 Å². The summed E-state index contributed by atoms with van der Waals surface area (Å²) in [5, 5.41) is 12.3. The fourth-order valence-electron chi connectivity index (χ4n) is 6.25. The lowest BCUT2D eigenvalue weighted by atomic mass is 10.0. The maximum absolute atomic E-state index is 13.3. The molecule has 4 rings (SSSR count). The first-order valence-electron chi connectivity index (χ1n) is 19.1. The van der Waals surface area contributed by atoms with Crippen LogP contribution in [0.2, 0.25) is 0 Å². The SMILES string of the molecule is COc1cccc(C(=O)NN(C(=O)c2cc(C)cc(C)c2)C(C)(C)C)c1CO.COc1cccc(C(=O)NN(C(=O)c2cc(C)cc(C)c2)C(C)(C)C)c1COC(C)=O. The molecular weight excluding hydrogens is 753 g/mol. The molecule has 0 fully saturated rings. The fourth-order valence-corrected chi connectivity index (χ4v) is 6.25. The molecule has 0 radical (unpaired) electrons. The average molecular weight is 811 g/mol. The first-order chi connectivity index (χ1) is 27.5. The molecule has 59 heavy (non-hydrogen) atoms. The van der Waals surface area contributed by atoms with E-state index in [1.165, 1.54) is 31.2 Å². The van der Waals surface area contributed by atoms with Crippen molar-refractivity contribution in [1.29, 1.82) is 0 Å². The Hall–Kier alpha value is -6.21. The molecule has 0 aromatic heterocycles. The van der Waals surface area contributed by atoms with E-state index in [2.05, 4.69) is 10.9 Å². The quantitative estimate of drug-likeness (QED) is 0.116. The highest BCUT2D eigenvalue weighted by molar-refractivity contribution is 6.01. The summed E-state index contributed by atoms with van der Waals surface area (Å²) >= 11 is 0. The molecule has 316 valence electrons. The number of amides is 4. The number of methoxy groups -OCH3 is 2. The van der Waals surface area contributed by atoms with Gasteiger partial charge in [-0.2, -0.15) is 0 Å². The Morgan fingerprint density at radius 2 is 0.949 bits per heavy atom. The molecule has 0 aliphatic heterocycles. The van der Waals surface area contributed by atoms with Gasteiger partial charge in [-0.15, -0.1) is 0 Å². The van der Waals surface area contributed by atoms with E-state index in [0.29, 0.717) is 33.8 Å². The van der Waals surface area contributed by atoms with Crippen LogP contribution in [0.25, 0.3) is 0 Å². The fraction of sp³-hybridized carbons (Fsp3) is 0.370. The number of esters is 1. The number of ether oxygens (including phenoxy) is 3. The van der Waals surface area contributed by atoms with Crippen LogP contribution in [-0.2, 0) is 22.7 Å². The van der Waals surface area contributed by atoms with E-state index in [0.717, 1.165) is 22.3 Å². The van der Waals surface area contributed by atoms with Crippen LogP contribution in [0.3, 0.4) is 0 Å². The van der Waals surface area contributed by atoms with E-state index in [-0.39, 0.29) is 36.2 Å². The smallest absolute Gasteiger partial charge is 0.302 e. The van der Waals surface area contributed by atoms with Crippen molar-refractivity contribution in [1.82, 2.24) is 20.9 Å². The van der Waals surface area contributed by atoms with E-state index in [4.69, 9.17) is 14.2 Å². The first-order valence-corrected chi connectivity index (χ1v) is 19.1. The third kappa shape index (κ3) is 12.6. The molecule has 13 heteroatoms. The number of rotatable bonds is 9. The number of nitrogens with one attached hydrogen (secondary N) is 2. The number of aryl methyl sites for hydroxylation is 4. The second kappa shape index (κ2) is 20.0. The Bertz CT molecular complexity index is 2140. The predicted molar refractivity (Wildman–Crippen MR) is 226 cm³/mol. The third-order valence-corrected chi connectivity index (χ3v) is 8.88. The summed E-state index contributed by atoms with van der Waals surface area (Å²) in [5.41, 5.74) is 10.2. The number of aliphatic hydroxyl groups is 1. The van der Waals surface area contributed by atoms with Crippen LogP contribution in [0.1, 0.15) is 123 Å². The zero-order valence-corrected chi connectivity index (χ0v) is 36.5. The van der Waals surface area contributed by atoms with Crippen molar-refractivity contribution in [2.24, 2.45) is 0 Å². The van der Waals surface area contributed by atoms with E-state index >= 15 is 0 Å². The first kappa shape index (κ1) is 47.2. The summed E-state index contributed by atoms with van der Waals surface area (Å²) in [6.45, 7) is 19.5. The summed E-state index contributed by atoms with van der Waals surface area (Å²) in [6, 6.07) is 21.0. The Balaban J connectivity index is 0.000000317. The van der Waals surface area contributed by atoms with Crippen LogP contribution in [0.5, 0.6) is 11.5 Å². The molecule has 0 spiro atoms. The van der Waals surface area contributed by atoms with Gasteiger partial charge >= 0.3 is 5.97 Å². The Morgan fingerprint density at radius 3 is 1.27 bits per heavy atom. The summed E-state index contributed by atoms with van der Waals surface area (Å²) in [5.74, 6) is -1.27. The van der Waals surface area contributed by atoms with Gasteiger partial charge in [-0.1, -0.05) is 46.5 Å². The molecule has 0 heterocycles. The van der Waals surface area contributed by atoms with Crippen molar-refractivity contribution in [3.63, 3.8) is 0 Å². The van der Waals surface area contributed by atoms with Gasteiger partial charge in [0, 0.05) is 29.2 Å². The van der Waals surface area contributed by atoms with Gasteiger partial charge < -0.3 is 19.3 Å². The lowest BCUT2D eigenvalue weighted by molar-refractivity contribution is -0.142. The molecule has 0 aliphatic carbocycles. The molecule has 0 atom stereocenters. The normalized spacial score (nSPS) is 11.0. The van der Waals surface area contributed by atoms with Gasteiger partial charge in [-0.3, -0.25) is 34.8 Å². The van der Waals surface area contributed by atoms with Crippen molar-refractivity contribution in [2.45, 2.75) is 100 Å². The Labute approximate surface area is 347 Å². The highest BCUT2D eigenvalue weighted by Crippen LogP contribution is 2.26. The van der Waals surface area contributed by atoms with Crippen molar-refractivity contribution in [3.05, 3.63) is 128 Å². The van der Waals surface area contributed by atoms with Crippen LogP contribution in [0.4, 0.5) is 0 Å². The summed E-state index contributed by atoms with van der Waals surface area (Å²) in [4.78, 5) is 63.9. The minimum absolute atomic E-state index is 0.122. The Morgan fingerprint density at radius 1 is 0.593 bits per heavy atom. The van der Waals surface area contributed by atoms with Gasteiger partial charge in [-0.25, -0.2) is 10.0 Å². The number of hydrazine groups is 2. The van der Waals surface area contributed by atoms with Gasteiger partial charge in [-0.05, 0) is 118 Å². The molecule has 0 unspecified atom stereocenters. The van der Waals surface area contributed by atoms with E-state index in [1.54, 1.807) is 60.7 Å². The minimum atomic E-state index is -0.695. The minimum Gasteiger partial charge on any atom is -0.496 e. The zero-order valence-electron chi connectivity index (χ0n) is 36.5. The summed E-state index contributed by atoms with van der Waals surface area (Å²) in [7, 11) is 2.95. The van der Waals surface area contributed by atoms with Crippen molar-refractivity contribution in [3.8, 4) is 11.5 Å². The molecule has 3 N–H and O–H groups in total. The van der Waals surface area contributed by atoms with Crippen LogP contribution >= 0.6 is 0 Å². The summed E-state index contributed by atoms with van der Waals surface area (Å²) in [6.07, 6.45) is 0. The highest BCUT2D eigenvalue weighted by atomic mass is 16.5. The number of carbonyl (C=O) groups excluding carboxylic acids is 5. The molecule has 0 aliphatic rings. The molecule has 0 bridgehead atoms. The van der Waals surface area contributed by atoms with E-state index in [1.807, 2.05) is 81.4 Å². The molecule has 13 nitrogen and oxygen atoms in total. The van der Waals surface area contributed by atoms with Gasteiger partial charge in [0.05, 0.1) is 43.0 Å². The van der Waals surface area contributed by atoms with Gasteiger partial charge in [0.25, 0.3) is 23.6 Å². The zero-order chi connectivity index (χ0) is 44.4. The maximum Gasteiger partial charge on any atom is 0.302 e. The third-order valence-electron chi connectivity index (χ3n) is 8.88. The molecule has 0 saturated heterocycles. The highest BCUT2D eigenvalue weighted by Gasteiger charge is 2.32. The number of benzene rings is 4. The number of hydrogen-bond donors (Lipinski definition) is 3. The molecular formula is C46H58N4O9. The molecule has 4 aromatic carbocycles. The maximum atomic E-state index is 13.3. The largest absolute Gasteiger partial charge is 0.496 e. The van der Waals surface area contributed by atoms with Crippen molar-refractivity contribution in [2.75, 3.05) is 14.2 Å². The second-order valence-electron chi connectivity index (χ2n) is 16.2. The van der Waals surface area contributed by atoms with Gasteiger partial charge in [0.15, 0.2) is 0 Å². The second-order valence-corrected chi connectivity index (χ2v) is 16.2. The number of aliphatic hydroxyl groups excluding tert-OH is 1. The molecule has 4 amide bonds. The van der Waals surface area contributed by atoms with Crippen LogP contribution < -0.4 is 20.3 Å². The predicted octanol–water partition coefficient (Wildman–Crippen LogP) is 7.35. The summed E-state index contributed by atoms with van der Waals surface area (Å²) < 4.78 is 15.7. The standard InChI is InChI=1S/C24H30N2O5.C22H28N2O4/c1-15-11-16(2)13-18(12-15)23(29)26(24(4,5)6)25-22(28)19-9-8-10-21(30-7)20(19)14-31-17(3)27;1-14-10-15(2)12-16(11-14)21(27)24(22(3,4)5)23-20(26)17-8-7-9-19(28-6)18(17)13-25/h8-13H,14H2,1-7H3,(H,25,28);7-12,25H,13H2,1-6H3,(H,23,26). The van der Waals surface area contributed by atoms with Crippen LogP contribution in [0, 0.1) is 27.7 Å². The lowest BCUT2D eigenvalue weighted by Gasteiger charge is -2.35. The Kier molecular flexibility index (Phi) is 16.0. The lowest BCUT2D eigenvalue weighted by Crippen LogP contribution is -2.56. The molecule has 0 saturated carbocycles. The van der Waals surface area contributed by atoms with Gasteiger partial charge in [0.2, 0.25) is 0 Å².